The Morgan fingerprint density at radius 2 is 2.04 bits per heavy atom. The average molecular weight is 357 g/mol. The number of piperidine rings is 1. The molecule has 2 aromatic carbocycles. The third-order valence-electron chi connectivity index (χ3n) is 5.39. The maximum Gasteiger partial charge on any atom is 0.207 e. The average Bonchev–Trinajstić information content (AvgIpc) is 3.24. The van der Waals surface area contributed by atoms with E-state index in [1.165, 1.54) is 0 Å². The quantitative estimate of drug-likeness (QED) is 0.893. The highest BCUT2D eigenvalue weighted by Crippen LogP contribution is 2.43. The minimum absolute atomic E-state index is 0.107. The molecule has 2 unspecified atom stereocenters. The molecule has 0 amide bonds. The number of hydrogen-bond donors (Lipinski definition) is 1. The van der Waals surface area contributed by atoms with Crippen molar-refractivity contribution in [2.24, 2.45) is 0 Å². The molecule has 6 heteroatoms. The smallest absolute Gasteiger partial charge is 0.207 e. The molecule has 0 aliphatic carbocycles. The second-order valence-electron chi connectivity index (χ2n) is 6.79. The van der Waals surface area contributed by atoms with Gasteiger partial charge in [0.15, 0.2) is 0 Å². The van der Waals surface area contributed by atoms with Crippen LogP contribution < -0.4 is 14.8 Å². The molecule has 0 spiro atoms. The van der Waals surface area contributed by atoms with Crippen LogP contribution in [-0.2, 0) is 16.3 Å². The van der Waals surface area contributed by atoms with Gasteiger partial charge in [-0.3, -0.25) is 0 Å². The summed E-state index contributed by atoms with van der Waals surface area (Å²) < 4.78 is 37.9. The van der Waals surface area contributed by atoms with Gasteiger partial charge in [-0.05, 0) is 37.2 Å². The van der Waals surface area contributed by atoms with Crippen LogP contribution in [0.15, 0.2) is 46.2 Å². The lowest BCUT2D eigenvalue weighted by Crippen LogP contribution is -2.39. The fourth-order valence-corrected chi connectivity index (χ4v) is 5.68. The van der Waals surface area contributed by atoms with E-state index in [0.29, 0.717) is 35.3 Å². The van der Waals surface area contributed by atoms with Crippen molar-refractivity contribution >= 4 is 9.84 Å². The zero-order valence-corrected chi connectivity index (χ0v) is 14.5. The predicted octanol–water partition coefficient (Wildman–Crippen LogP) is 2.29. The Balaban J connectivity index is 1.57. The molecule has 2 atom stereocenters. The zero-order chi connectivity index (χ0) is 17.0. The lowest BCUT2D eigenvalue weighted by molar-refractivity contribution is 0.176. The number of sulfone groups is 1. The molecule has 2 aromatic rings. The molecular formula is C19H19NO4S. The van der Waals surface area contributed by atoms with E-state index in [2.05, 4.69) is 5.32 Å². The van der Waals surface area contributed by atoms with E-state index in [1.54, 1.807) is 24.3 Å². The first kappa shape index (κ1) is 15.2. The Labute approximate surface area is 146 Å². The van der Waals surface area contributed by atoms with Gasteiger partial charge in [0.1, 0.15) is 17.6 Å². The predicted molar refractivity (Wildman–Crippen MR) is 92.2 cm³/mol. The van der Waals surface area contributed by atoms with Gasteiger partial charge in [-0.1, -0.05) is 12.1 Å². The number of benzene rings is 2. The normalized spacial score (nSPS) is 24.0. The Bertz CT molecular complexity index is 954. The van der Waals surface area contributed by atoms with Crippen LogP contribution in [0.5, 0.6) is 11.5 Å². The van der Waals surface area contributed by atoms with Crippen molar-refractivity contribution in [3.05, 3.63) is 47.5 Å². The van der Waals surface area contributed by atoms with Gasteiger partial charge in [0.25, 0.3) is 0 Å². The molecule has 3 heterocycles. The fraction of sp³-hybridized carbons (Fsp3) is 0.368. The highest BCUT2D eigenvalue weighted by Gasteiger charge is 2.37. The zero-order valence-electron chi connectivity index (χ0n) is 13.7. The number of hydrogen-bond acceptors (Lipinski definition) is 5. The van der Waals surface area contributed by atoms with Crippen LogP contribution in [0.4, 0.5) is 0 Å². The van der Waals surface area contributed by atoms with Gasteiger partial charge in [0.05, 0.1) is 16.4 Å². The first-order valence-corrected chi connectivity index (χ1v) is 10.1. The van der Waals surface area contributed by atoms with Gasteiger partial charge >= 0.3 is 0 Å². The summed E-state index contributed by atoms with van der Waals surface area (Å²) in [4.78, 5) is 0.637. The van der Waals surface area contributed by atoms with Gasteiger partial charge in [-0.2, -0.15) is 0 Å². The molecule has 3 aliphatic heterocycles. The van der Waals surface area contributed by atoms with Crippen LogP contribution >= 0.6 is 0 Å². The molecule has 0 bridgehead atoms. The summed E-state index contributed by atoms with van der Waals surface area (Å²) in [6, 6.07) is 10.6. The summed E-state index contributed by atoms with van der Waals surface area (Å²) in [6.45, 7) is 2.32. The van der Waals surface area contributed by atoms with Crippen molar-refractivity contribution in [2.75, 3.05) is 19.7 Å². The van der Waals surface area contributed by atoms with Gasteiger partial charge < -0.3 is 14.8 Å². The number of rotatable bonds is 2. The van der Waals surface area contributed by atoms with Crippen LogP contribution in [-0.4, -0.2) is 34.2 Å². The highest BCUT2D eigenvalue weighted by molar-refractivity contribution is 7.91. The third kappa shape index (κ3) is 2.28. The van der Waals surface area contributed by atoms with Crippen molar-refractivity contribution in [3.63, 3.8) is 0 Å². The first-order chi connectivity index (χ1) is 12.1. The van der Waals surface area contributed by atoms with E-state index in [0.717, 1.165) is 30.6 Å². The van der Waals surface area contributed by atoms with Crippen LogP contribution in [0.25, 0.3) is 0 Å². The van der Waals surface area contributed by atoms with Crippen LogP contribution in [0.1, 0.15) is 23.5 Å². The Kier molecular flexibility index (Phi) is 3.33. The summed E-state index contributed by atoms with van der Waals surface area (Å²) >= 11 is 0. The van der Waals surface area contributed by atoms with Crippen molar-refractivity contribution in [3.8, 4) is 11.5 Å². The number of nitrogens with one attached hydrogen (secondary N) is 1. The molecule has 0 aromatic heterocycles. The summed E-state index contributed by atoms with van der Waals surface area (Å²) in [5, 5.41) is 3.33. The third-order valence-corrected chi connectivity index (χ3v) is 7.22. The molecule has 1 N–H and O–H groups in total. The molecule has 1 saturated heterocycles. The van der Waals surface area contributed by atoms with E-state index in [-0.39, 0.29) is 11.0 Å². The second kappa shape index (κ2) is 5.47. The van der Waals surface area contributed by atoms with Gasteiger partial charge in [0.2, 0.25) is 9.84 Å². The van der Waals surface area contributed by atoms with Crippen molar-refractivity contribution in [1.29, 1.82) is 0 Å². The SMILES string of the molecule is O=S(=O)(c1ccc2c(c1)OC1CNCCC21)c1cccc2c1CCO2. The van der Waals surface area contributed by atoms with Crippen molar-refractivity contribution in [2.45, 2.75) is 34.7 Å². The molecule has 3 aliphatic rings. The summed E-state index contributed by atoms with van der Waals surface area (Å²) in [5.41, 5.74) is 1.91. The fourth-order valence-electron chi connectivity index (χ4n) is 4.13. The highest BCUT2D eigenvalue weighted by atomic mass is 32.2. The molecular weight excluding hydrogens is 338 g/mol. The molecule has 1 fully saturated rings. The Morgan fingerprint density at radius 1 is 1.12 bits per heavy atom. The summed E-state index contributed by atoms with van der Waals surface area (Å²) in [6.07, 6.45) is 1.76. The minimum atomic E-state index is -3.59. The first-order valence-electron chi connectivity index (χ1n) is 8.66. The maximum absolute atomic E-state index is 13.2. The van der Waals surface area contributed by atoms with Gasteiger partial charge in [-0.15, -0.1) is 0 Å². The molecule has 25 heavy (non-hydrogen) atoms. The largest absolute Gasteiger partial charge is 0.493 e. The Morgan fingerprint density at radius 3 is 2.96 bits per heavy atom. The van der Waals surface area contributed by atoms with E-state index in [4.69, 9.17) is 9.47 Å². The van der Waals surface area contributed by atoms with E-state index in [1.807, 2.05) is 12.1 Å². The maximum atomic E-state index is 13.2. The molecule has 5 rings (SSSR count). The lowest BCUT2D eigenvalue weighted by atomic mass is 9.90. The summed E-state index contributed by atoms with van der Waals surface area (Å²) in [5.74, 6) is 1.75. The second-order valence-corrected chi connectivity index (χ2v) is 8.71. The standard InChI is InChI=1S/C19H19NO4S/c21-25(22,19-3-1-2-16-15(19)7-9-23-16)12-4-5-13-14-6-8-20-11-18(14)24-17(13)10-12/h1-5,10,14,18,20H,6-9,11H2. The van der Waals surface area contributed by atoms with Crippen molar-refractivity contribution in [1.82, 2.24) is 5.32 Å². The lowest BCUT2D eigenvalue weighted by Gasteiger charge is -2.24. The van der Waals surface area contributed by atoms with Crippen LogP contribution in [0, 0.1) is 0 Å². The Hall–Kier alpha value is -2.05. The molecule has 0 saturated carbocycles. The molecule has 5 nitrogen and oxygen atoms in total. The van der Waals surface area contributed by atoms with Crippen LogP contribution in [0.2, 0.25) is 0 Å². The minimum Gasteiger partial charge on any atom is -0.493 e. The topological polar surface area (TPSA) is 64.6 Å². The number of ether oxygens (including phenoxy) is 2. The molecule has 0 radical (unpaired) electrons. The summed E-state index contributed by atoms with van der Waals surface area (Å²) in [7, 11) is -3.59. The van der Waals surface area contributed by atoms with Gasteiger partial charge in [0, 0.05) is 30.0 Å². The van der Waals surface area contributed by atoms with Gasteiger partial charge in [-0.25, -0.2) is 8.42 Å². The van der Waals surface area contributed by atoms with E-state index in [9.17, 15) is 8.42 Å². The van der Waals surface area contributed by atoms with E-state index < -0.39 is 9.84 Å². The van der Waals surface area contributed by atoms with E-state index >= 15 is 0 Å². The monoisotopic (exact) mass is 357 g/mol. The van der Waals surface area contributed by atoms with Crippen LogP contribution in [0.3, 0.4) is 0 Å². The molecule has 130 valence electrons. The van der Waals surface area contributed by atoms with Crippen molar-refractivity contribution < 1.29 is 17.9 Å². The number of fused-ring (bicyclic) bond motifs is 4.